The number of nitrogens with two attached hydrogens (primary N) is 1. The van der Waals surface area contributed by atoms with Crippen LogP contribution in [0.15, 0.2) is 83.7 Å². The predicted octanol–water partition coefficient (Wildman–Crippen LogP) is 7.52. The molecule has 22 heteroatoms. The van der Waals surface area contributed by atoms with E-state index in [0.29, 0.717) is 102 Å². The third-order valence-electron chi connectivity index (χ3n) is 18.7. The number of amides is 5. The van der Waals surface area contributed by atoms with Crippen LogP contribution in [0.5, 0.6) is 11.5 Å². The summed E-state index contributed by atoms with van der Waals surface area (Å²) >= 11 is 0. The molecule has 5 heterocycles. The van der Waals surface area contributed by atoms with Gasteiger partial charge in [0.05, 0.1) is 47.9 Å². The number of aromatic amines is 1. The van der Waals surface area contributed by atoms with Crippen LogP contribution in [-0.2, 0) is 38.7 Å². The van der Waals surface area contributed by atoms with Crippen molar-refractivity contribution >= 4 is 46.5 Å². The second kappa shape index (κ2) is 30.0. The lowest BCUT2D eigenvalue weighted by atomic mass is 9.83. The first-order valence-corrected chi connectivity index (χ1v) is 32.6. The van der Waals surface area contributed by atoms with Crippen molar-refractivity contribution in [3.8, 4) is 11.5 Å². The van der Waals surface area contributed by atoms with Gasteiger partial charge in [-0.15, -0.1) is 0 Å². The van der Waals surface area contributed by atoms with E-state index < -0.39 is 34.9 Å². The van der Waals surface area contributed by atoms with E-state index in [9.17, 15) is 38.7 Å². The largest absolute Gasteiger partial charge is 0.493 e. The summed E-state index contributed by atoms with van der Waals surface area (Å²) in [5.41, 5.74) is 8.59. The molecule has 5 amide bonds. The molecule has 21 nitrogen and oxygen atoms in total. The van der Waals surface area contributed by atoms with Crippen LogP contribution in [0, 0.1) is 17.7 Å². The van der Waals surface area contributed by atoms with Crippen LogP contribution in [-0.4, -0.2) is 202 Å². The van der Waals surface area contributed by atoms with Crippen LogP contribution in [0.3, 0.4) is 0 Å². The van der Waals surface area contributed by atoms with Crippen molar-refractivity contribution in [2.24, 2.45) is 17.6 Å². The molecule has 0 radical (unpaired) electrons. The van der Waals surface area contributed by atoms with Crippen molar-refractivity contribution in [3.05, 3.63) is 134 Å². The number of rotatable bonds is 20. The number of nitrogens with one attached hydrogen (secondary N) is 1. The van der Waals surface area contributed by atoms with Gasteiger partial charge in [-0.3, -0.25) is 38.7 Å². The van der Waals surface area contributed by atoms with Crippen LogP contribution >= 0.6 is 0 Å². The number of carbonyl (C=O) groups is 6. The molecule has 5 aliphatic rings. The van der Waals surface area contributed by atoms with Crippen LogP contribution in [0.1, 0.15) is 140 Å². The average molecular weight is 1250 g/mol. The standard InChI is InChI=1S/C69H89FN10O11/c1-5-89-60-39-54(19-18-53(60)42-80(68(88)91-69(2,3)4)44-62(82)79-24-10-15-52(41-79)50-13-9-14-51(38-50)67(86)87)90-45-48-16-20-55-56(36-48)59(72-73-64(55)83)37-47-17-21-58(70)57(35-47)65(84)77-33-31-76(32-34-77)61(81)43-74-25-22-46(23-26-74)40-75-27-29-78(30-28-75)66(85)63(71)49-11-7-6-8-12-49/h9,13-14,16-21,35-36,38-39,46,49,52,63H,5-8,10-12,15,22-34,37,40-45,71H2,1-4H3,(H,73,83)(H,86,87)/t52-,63-/m1/s1. The molecular formula is C69H89FN10O11. The zero-order valence-electron chi connectivity index (χ0n) is 53.2. The molecule has 4 aromatic carbocycles. The molecular weight excluding hydrogens is 1160 g/mol. The summed E-state index contributed by atoms with van der Waals surface area (Å²) in [5.74, 6) is -0.623. The molecule has 2 atom stereocenters. The number of aromatic nitrogens is 2. The number of aromatic carboxylic acids is 1. The number of hydrogen-bond acceptors (Lipinski definition) is 14. The number of hydrogen-bond donors (Lipinski definition) is 3. The maximum absolute atomic E-state index is 15.6. The molecule has 1 aromatic heterocycles. The Morgan fingerprint density at radius 2 is 1.46 bits per heavy atom. The lowest BCUT2D eigenvalue weighted by Crippen LogP contribution is -2.56. The highest BCUT2D eigenvalue weighted by Crippen LogP contribution is 2.32. The van der Waals surface area contributed by atoms with E-state index in [-0.39, 0.29) is 80.0 Å². The van der Waals surface area contributed by atoms with Gasteiger partial charge in [0.2, 0.25) is 17.7 Å². The molecule has 5 fully saturated rings. The van der Waals surface area contributed by atoms with E-state index in [1.807, 2.05) is 24.0 Å². The third kappa shape index (κ3) is 17.2. The minimum absolute atomic E-state index is 0.0168. The minimum Gasteiger partial charge on any atom is -0.493 e. The van der Waals surface area contributed by atoms with Gasteiger partial charge >= 0.3 is 12.1 Å². The molecule has 488 valence electrons. The van der Waals surface area contributed by atoms with Gasteiger partial charge in [-0.2, -0.15) is 5.10 Å². The van der Waals surface area contributed by atoms with E-state index in [0.717, 1.165) is 83.5 Å². The Hall–Kier alpha value is -7.95. The molecule has 4 N–H and O–H groups in total. The van der Waals surface area contributed by atoms with Crippen molar-refractivity contribution in [2.45, 2.75) is 123 Å². The van der Waals surface area contributed by atoms with Gasteiger partial charge in [0.25, 0.3) is 11.5 Å². The fourth-order valence-electron chi connectivity index (χ4n) is 13.5. The molecule has 4 saturated heterocycles. The van der Waals surface area contributed by atoms with Gasteiger partial charge in [-0.05, 0) is 156 Å². The summed E-state index contributed by atoms with van der Waals surface area (Å²) in [7, 11) is 0. The molecule has 0 bridgehead atoms. The van der Waals surface area contributed by atoms with Crippen LogP contribution in [0.4, 0.5) is 9.18 Å². The number of H-pyrrole nitrogens is 1. The Balaban J connectivity index is 0.711. The first-order valence-electron chi connectivity index (χ1n) is 32.6. The zero-order valence-corrected chi connectivity index (χ0v) is 53.2. The van der Waals surface area contributed by atoms with Gasteiger partial charge in [-0.1, -0.05) is 43.5 Å². The number of likely N-dealkylation sites (tertiary alicyclic amines) is 2. The summed E-state index contributed by atoms with van der Waals surface area (Å²) in [4.78, 5) is 107. The summed E-state index contributed by atoms with van der Waals surface area (Å²) in [6, 6.07) is 21.3. The minimum atomic E-state index is -1.02. The maximum Gasteiger partial charge on any atom is 0.411 e. The fourth-order valence-corrected chi connectivity index (χ4v) is 13.5. The van der Waals surface area contributed by atoms with Crippen molar-refractivity contribution in [2.75, 3.05) is 105 Å². The normalized spacial score (nSPS) is 18.6. The first-order chi connectivity index (χ1) is 43.7. The van der Waals surface area contributed by atoms with Gasteiger partial charge in [0, 0.05) is 101 Å². The van der Waals surface area contributed by atoms with Crippen LogP contribution < -0.4 is 20.8 Å². The lowest BCUT2D eigenvalue weighted by molar-refractivity contribution is -0.136. The Kier molecular flexibility index (Phi) is 21.7. The fraction of sp³-hybridized carbons (Fsp3) is 0.536. The highest BCUT2D eigenvalue weighted by Gasteiger charge is 2.35. The number of nitrogens with zero attached hydrogens (tertiary/aromatic N) is 8. The third-order valence-corrected chi connectivity index (χ3v) is 18.7. The van der Waals surface area contributed by atoms with Crippen molar-refractivity contribution in [1.82, 2.24) is 44.5 Å². The summed E-state index contributed by atoms with van der Waals surface area (Å²) in [6.45, 7) is 15.4. The van der Waals surface area contributed by atoms with E-state index in [4.69, 9.17) is 19.9 Å². The number of carbonyl (C=O) groups excluding carboxylic acids is 5. The molecule has 0 unspecified atom stereocenters. The number of piperidine rings is 2. The van der Waals surface area contributed by atoms with Gasteiger partial charge in [0.15, 0.2) is 0 Å². The smallest absolute Gasteiger partial charge is 0.411 e. The molecule has 5 aromatic rings. The SMILES string of the molecule is CCOc1cc(OCc2ccc3c(=O)[nH]nc(Cc4ccc(F)c(C(=O)N5CCN(C(=O)CN6CCC(CN7CCN(C(=O)[C@H](N)C8CCCCC8)CC7)CC6)CC5)c4)c3c2)ccc1CN(CC(=O)N1CCC[C@@H](c2cccc(C(=O)O)c2)C1)C(=O)OC(C)(C)C. The van der Waals surface area contributed by atoms with E-state index >= 15 is 4.39 Å². The Labute approximate surface area is 531 Å². The Bertz CT molecular complexity index is 3470. The maximum atomic E-state index is 15.6. The molecule has 0 spiro atoms. The molecule has 10 rings (SSSR count). The van der Waals surface area contributed by atoms with Crippen molar-refractivity contribution in [3.63, 3.8) is 0 Å². The second-order valence-electron chi connectivity index (χ2n) is 26.2. The van der Waals surface area contributed by atoms with E-state index in [1.165, 1.54) is 36.3 Å². The van der Waals surface area contributed by atoms with E-state index in [1.54, 1.807) is 90.1 Å². The molecule has 91 heavy (non-hydrogen) atoms. The number of ether oxygens (including phenoxy) is 3. The van der Waals surface area contributed by atoms with Crippen molar-refractivity contribution in [1.29, 1.82) is 0 Å². The quantitative estimate of drug-likeness (QED) is 0.0682. The number of benzene rings is 4. The number of halogens is 1. The topological polar surface area (TPSA) is 245 Å². The first kappa shape index (κ1) is 66.0. The summed E-state index contributed by atoms with van der Waals surface area (Å²) in [6.07, 6.45) is 8.67. The molecule has 1 saturated carbocycles. The van der Waals surface area contributed by atoms with Crippen LogP contribution in [0.2, 0.25) is 0 Å². The summed E-state index contributed by atoms with van der Waals surface area (Å²) in [5, 5.41) is 17.5. The van der Waals surface area contributed by atoms with Crippen molar-refractivity contribution < 1.29 is 52.5 Å². The lowest BCUT2D eigenvalue weighted by Gasteiger charge is -2.40. The number of piperazine rings is 2. The zero-order chi connectivity index (χ0) is 64.3. The molecule has 1 aliphatic carbocycles. The number of carboxylic acid groups (broad SMARTS) is 1. The number of carboxylic acids is 1. The Morgan fingerprint density at radius 1 is 0.736 bits per heavy atom. The van der Waals surface area contributed by atoms with Gasteiger partial charge < -0.3 is 44.7 Å². The highest BCUT2D eigenvalue weighted by atomic mass is 19.1. The van der Waals surface area contributed by atoms with Gasteiger partial charge in [-0.25, -0.2) is 19.1 Å². The van der Waals surface area contributed by atoms with E-state index in [2.05, 4.69) is 20.0 Å². The average Bonchev–Trinajstić information content (AvgIpc) is 0.936. The Morgan fingerprint density at radius 3 is 2.19 bits per heavy atom. The number of fused-ring (bicyclic) bond motifs is 1. The van der Waals surface area contributed by atoms with Gasteiger partial charge in [0.1, 0.15) is 36.1 Å². The monoisotopic (exact) mass is 1250 g/mol. The molecule has 4 aliphatic heterocycles. The van der Waals surface area contributed by atoms with Crippen LogP contribution in [0.25, 0.3) is 10.8 Å². The highest BCUT2D eigenvalue weighted by molar-refractivity contribution is 5.95. The summed E-state index contributed by atoms with van der Waals surface area (Å²) < 4.78 is 33.8. The predicted molar refractivity (Wildman–Crippen MR) is 341 cm³/mol. The second-order valence-corrected chi connectivity index (χ2v) is 26.2.